The van der Waals surface area contributed by atoms with Crippen molar-refractivity contribution in [2.75, 3.05) is 10.5 Å². The lowest BCUT2D eigenvalue weighted by atomic mass is 10.2. The first-order chi connectivity index (χ1) is 15.4. The van der Waals surface area contributed by atoms with E-state index in [1.807, 2.05) is 0 Å². The molecule has 0 aliphatic rings. The highest BCUT2D eigenvalue weighted by atomic mass is 32.2. The fourth-order valence-corrected chi connectivity index (χ4v) is 4.14. The van der Waals surface area contributed by atoms with Crippen LogP contribution < -0.4 is 10.5 Å². The van der Waals surface area contributed by atoms with Crippen LogP contribution in [0.2, 0.25) is 0 Å². The summed E-state index contributed by atoms with van der Waals surface area (Å²) >= 11 is 0. The van der Waals surface area contributed by atoms with Gasteiger partial charge < -0.3 is 10.8 Å². The van der Waals surface area contributed by atoms with Crippen molar-refractivity contribution in [3.63, 3.8) is 0 Å². The van der Waals surface area contributed by atoms with E-state index in [9.17, 15) is 32.1 Å². The Morgan fingerprint density at radius 2 is 1.70 bits per heavy atom. The summed E-state index contributed by atoms with van der Waals surface area (Å²) in [7, 11) is -9.16. The van der Waals surface area contributed by atoms with E-state index >= 15 is 0 Å². The number of nitrogens with one attached hydrogen (secondary N) is 1. The van der Waals surface area contributed by atoms with Gasteiger partial charge in [0, 0.05) is 12.1 Å². The van der Waals surface area contributed by atoms with E-state index < -0.39 is 40.5 Å². The van der Waals surface area contributed by atoms with Crippen LogP contribution in [0.3, 0.4) is 0 Å². The number of azo groups is 1. The first-order valence-electron chi connectivity index (χ1n) is 8.63. The van der Waals surface area contributed by atoms with Crippen LogP contribution in [0.5, 0.6) is 5.75 Å². The van der Waals surface area contributed by atoms with E-state index in [1.165, 1.54) is 12.1 Å². The molecule has 0 unspecified atom stereocenters. The number of benzene rings is 2. The molecule has 3 rings (SSSR count). The van der Waals surface area contributed by atoms with Gasteiger partial charge in [0.2, 0.25) is 0 Å². The minimum Gasteiger partial charge on any atom is -0.504 e. The molecule has 0 bridgehead atoms. The Balaban J connectivity index is 2.03. The Hall–Kier alpha value is -4.15. The second-order valence-electron chi connectivity index (χ2n) is 6.29. The Bertz CT molecular complexity index is 1490. The van der Waals surface area contributed by atoms with Crippen molar-refractivity contribution in [2.24, 2.45) is 10.2 Å². The topological polar surface area (TPSA) is 228 Å². The lowest BCUT2D eigenvalue weighted by molar-refractivity contribution is -0.384. The second kappa shape index (κ2) is 8.77. The Labute approximate surface area is 186 Å². The molecule has 33 heavy (non-hydrogen) atoms. The minimum absolute atomic E-state index is 0.0432. The summed E-state index contributed by atoms with van der Waals surface area (Å²) in [4.78, 5) is 12.9. The minimum atomic E-state index is -4.68. The highest BCUT2D eigenvalue weighted by molar-refractivity contribution is 7.92. The number of nitrogens with zero attached hydrogens (tertiary/aromatic N) is 4. The molecule has 172 valence electrons. The number of anilines is 2. The zero-order valence-electron chi connectivity index (χ0n) is 16.2. The Morgan fingerprint density at radius 1 is 1.00 bits per heavy atom. The average Bonchev–Trinajstić information content (AvgIpc) is 2.74. The first-order valence-corrected chi connectivity index (χ1v) is 11.6. The third kappa shape index (κ3) is 5.56. The van der Waals surface area contributed by atoms with Crippen molar-refractivity contribution in [1.29, 1.82) is 0 Å². The van der Waals surface area contributed by atoms with Gasteiger partial charge in [-0.3, -0.25) is 19.4 Å². The highest BCUT2D eigenvalue weighted by Crippen LogP contribution is 2.33. The molecule has 0 amide bonds. The number of hydrogen-bond donors (Lipinski definition) is 4. The van der Waals surface area contributed by atoms with E-state index in [4.69, 9.17) is 10.3 Å². The lowest BCUT2D eigenvalue weighted by Crippen LogP contribution is -2.14. The monoisotopic (exact) mass is 494 g/mol. The third-order valence-corrected chi connectivity index (χ3v) is 6.21. The lowest BCUT2D eigenvalue weighted by Gasteiger charge is -2.10. The maximum Gasteiger partial charge on any atom is 0.294 e. The molecular formula is C17H14N6O8S2. The van der Waals surface area contributed by atoms with Crippen LogP contribution in [0.4, 0.5) is 28.7 Å². The molecule has 0 radical (unpaired) electrons. The molecule has 3 aromatic rings. The molecule has 5 N–H and O–H groups in total. The second-order valence-corrected chi connectivity index (χ2v) is 9.39. The average molecular weight is 494 g/mol. The molecule has 2 aromatic carbocycles. The summed E-state index contributed by atoms with van der Waals surface area (Å²) in [6.07, 6.45) is 0. The number of rotatable bonds is 7. The molecule has 0 saturated carbocycles. The number of sulfonamides is 1. The SMILES string of the molecule is Nc1nc(N=Nc2ccc([N+](=O)[O-])cc2NS(=O)(=O)c2cccc(S(=O)(=O)O)c2)ccc1O. The van der Waals surface area contributed by atoms with Crippen molar-refractivity contribution in [3.8, 4) is 5.75 Å². The molecule has 0 aliphatic carbocycles. The van der Waals surface area contributed by atoms with Gasteiger partial charge in [0.25, 0.3) is 25.8 Å². The molecule has 14 nitrogen and oxygen atoms in total. The number of aromatic hydroxyl groups is 1. The van der Waals surface area contributed by atoms with Crippen LogP contribution in [0.15, 0.2) is 74.6 Å². The number of nitrogen functional groups attached to an aromatic ring is 1. The van der Waals surface area contributed by atoms with Crippen molar-refractivity contribution in [2.45, 2.75) is 9.79 Å². The summed E-state index contributed by atoms with van der Waals surface area (Å²) < 4.78 is 59.4. The van der Waals surface area contributed by atoms with Crippen LogP contribution >= 0.6 is 0 Å². The van der Waals surface area contributed by atoms with E-state index in [1.54, 1.807) is 0 Å². The van der Waals surface area contributed by atoms with E-state index in [-0.39, 0.29) is 28.8 Å². The van der Waals surface area contributed by atoms with E-state index in [0.717, 1.165) is 36.4 Å². The summed E-state index contributed by atoms with van der Waals surface area (Å²) in [6.45, 7) is 0. The largest absolute Gasteiger partial charge is 0.504 e. The van der Waals surface area contributed by atoms with Gasteiger partial charge in [0.05, 0.1) is 20.4 Å². The van der Waals surface area contributed by atoms with Crippen LogP contribution in [-0.2, 0) is 20.1 Å². The molecular weight excluding hydrogens is 480 g/mol. The summed E-state index contributed by atoms with van der Waals surface area (Å²) in [6, 6.07) is 9.38. The zero-order chi connectivity index (χ0) is 24.4. The smallest absolute Gasteiger partial charge is 0.294 e. The predicted molar refractivity (Wildman–Crippen MR) is 115 cm³/mol. The van der Waals surface area contributed by atoms with Crippen molar-refractivity contribution in [1.82, 2.24) is 4.98 Å². The van der Waals surface area contributed by atoms with Crippen LogP contribution in [-0.4, -0.2) is 36.4 Å². The normalized spacial score (nSPS) is 12.0. The van der Waals surface area contributed by atoms with Gasteiger partial charge in [-0.15, -0.1) is 10.2 Å². The van der Waals surface area contributed by atoms with E-state index in [2.05, 4.69) is 19.9 Å². The Morgan fingerprint density at radius 3 is 2.33 bits per heavy atom. The standard InChI is InChI=1S/C17H14N6O8S2/c18-17-15(24)6-7-16(19-17)21-20-13-5-4-10(23(25)26)8-14(13)22-32(27,28)11-2-1-3-12(9-11)33(29,30)31/h1-9,22,24H,(H2,18,19)(H,29,30,31). The van der Waals surface area contributed by atoms with Gasteiger partial charge in [-0.05, 0) is 36.4 Å². The quantitative estimate of drug-likeness (QED) is 0.162. The fraction of sp³-hybridized carbons (Fsp3) is 0. The highest BCUT2D eigenvalue weighted by Gasteiger charge is 2.21. The Kier molecular flexibility index (Phi) is 6.25. The number of nitro groups is 1. The number of non-ortho nitro benzene ring substituents is 1. The van der Waals surface area contributed by atoms with Crippen LogP contribution in [0.25, 0.3) is 0 Å². The molecule has 1 aromatic heterocycles. The summed E-state index contributed by atoms with van der Waals surface area (Å²) in [5.74, 6) is -0.557. The van der Waals surface area contributed by atoms with Gasteiger partial charge in [-0.2, -0.15) is 8.42 Å². The van der Waals surface area contributed by atoms with Gasteiger partial charge in [-0.1, -0.05) is 6.07 Å². The van der Waals surface area contributed by atoms with E-state index in [0.29, 0.717) is 6.07 Å². The first kappa shape index (κ1) is 23.5. The zero-order valence-corrected chi connectivity index (χ0v) is 17.9. The van der Waals surface area contributed by atoms with Crippen molar-refractivity contribution >= 4 is 48.8 Å². The fourth-order valence-electron chi connectivity index (χ4n) is 2.43. The maximum absolute atomic E-state index is 12.8. The maximum atomic E-state index is 12.8. The molecule has 0 saturated heterocycles. The van der Waals surface area contributed by atoms with Crippen LogP contribution in [0, 0.1) is 10.1 Å². The number of nitro benzene ring substituents is 1. The van der Waals surface area contributed by atoms with Gasteiger partial charge >= 0.3 is 0 Å². The summed E-state index contributed by atoms with van der Waals surface area (Å²) in [5.41, 5.74) is 4.51. The molecule has 0 spiro atoms. The number of hydrogen-bond acceptors (Lipinski definition) is 11. The van der Waals surface area contributed by atoms with Gasteiger partial charge in [-0.25, -0.2) is 13.4 Å². The number of nitrogens with two attached hydrogens (primary N) is 1. The van der Waals surface area contributed by atoms with Crippen molar-refractivity contribution in [3.05, 3.63) is 64.7 Å². The van der Waals surface area contributed by atoms with Crippen molar-refractivity contribution < 1.29 is 31.4 Å². The molecule has 0 fully saturated rings. The summed E-state index contributed by atoms with van der Waals surface area (Å²) in [5, 5.41) is 28.1. The van der Waals surface area contributed by atoms with Gasteiger partial charge in [0.1, 0.15) is 5.69 Å². The molecule has 0 atom stereocenters. The number of aromatic nitrogens is 1. The molecule has 0 aliphatic heterocycles. The predicted octanol–water partition coefficient (Wildman–Crippen LogP) is 2.74. The molecule has 1 heterocycles. The van der Waals surface area contributed by atoms with Crippen LogP contribution in [0.1, 0.15) is 0 Å². The van der Waals surface area contributed by atoms with Gasteiger partial charge in [0.15, 0.2) is 17.4 Å². The number of pyridine rings is 1. The molecule has 16 heteroatoms. The third-order valence-electron chi connectivity index (χ3n) is 4.00.